The molecule has 1 saturated heterocycles. The highest BCUT2D eigenvalue weighted by atomic mass is 16.6. The Morgan fingerprint density at radius 1 is 0.949 bits per heavy atom. The number of nitrogens with zero attached hydrogens (tertiary/aromatic N) is 3. The van der Waals surface area contributed by atoms with Gasteiger partial charge in [-0.2, -0.15) is 0 Å². The highest BCUT2D eigenvalue weighted by molar-refractivity contribution is 5.96. The van der Waals surface area contributed by atoms with Crippen molar-refractivity contribution in [1.82, 2.24) is 20.2 Å². The van der Waals surface area contributed by atoms with Crippen LogP contribution in [0.25, 0.3) is 11.1 Å². The lowest BCUT2D eigenvalue weighted by Gasteiger charge is -2.26. The SMILES string of the molecule is CC(C)(C)OC(=O)CNC(=O)c1ccc(-c2cnc(Nc3ccc(OCCN4CCOCC4)cc3)nc2)cc1. The molecule has 0 atom stereocenters. The van der Waals surface area contributed by atoms with Crippen molar-refractivity contribution in [2.24, 2.45) is 0 Å². The van der Waals surface area contributed by atoms with Crippen LogP contribution < -0.4 is 15.4 Å². The molecular weight excluding hydrogens is 498 g/mol. The molecule has 0 aliphatic carbocycles. The summed E-state index contributed by atoms with van der Waals surface area (Å²) in [5.74, 6) is 0.448. The van der Waals surface area contributed by atoms with Gasteiger partial charge in [0.15, 0.2) is 0 Å². The maximum Gasteiger partial charge on any atom is 0.325 e. The van der Waals surface area contributed by atoms with Crippen LogP contribution in [0.3, 0.4) is 0 Å². The van der Waals surface area contributed by atoms with Crippen LogP contribution in [-0.4, -0.2) is 78.3 Å². The van der Waals surface area contributed by atoms with Gasteiger partial charge >= 0.3 is 5.97 Å². The molecule has 10 nitrogen and oxygen atoms in total. The first-order valence-electron chi connectivity index (χ1n) is 13.0. The Bertz CT molecular complexity index is 1220. The zero-order chi connectivity index (χ0) is 27.7. The number of ether oxygens (including phenoxy) is 3. The minimum absolute atomic E-state index is 0.190. The normalized spacial score (nSPS) is 13.9. The lowest BCUT2D eigenvalue weighted by Crippen LogP contribution is -2.38. The van der Waals surface area contributed by atoms with Crippen molar-refractivity contribution in [3.63, 3.8) is 0 Å². The van der Waals surface area contributed by atoms with Crippen LogP contribution >= 0.6 is 0 Å². The van der Waals surface area contributed by atoms with Gasteiger partial charge < -0.3 is 24.8 Å². The zero-order valence-corrected chi connectivity index (χ0v) is 22.6. The number of nitrogens with one attached hydrogen (secondary N) is 2. The van der Waals surface area contributed by atoms with E-state index >= 15 is 0 Å². The average molecular weight is 534 g/mol. The summed E-state index contributed by atoms with van der Waals surface area (Å²) in [6, 6.07) is 14.7. The zero-order valence-electron chi connectivity index (χ0n) is 22.6. The van der Waals surface area contributed by atoms with E-state index in [-0.39, 0.29) is 12.5 Å². The van der Waals surface area contributed by atoms with Crippen LogP contribution in [0.15, 0.2) is 60.9 Å². The minimum Gasteiger partial charge on any atom is -0.492 e. The molecule has 0 saturated carbocycles. The monoisotopic (exact) mass is 533 g/mol. The predicted molar refractivity (Wildman–Crippen MR) is 148 cm³/mol. The van der Waals surface area contributed by atoms with Crippen LogP contribution in [0.5, 0.6) is 5.75 Å². The van der Waals surface area contributed by atoms with Crippen molar-refractivity contribution in [1.29, 1.82) is 0 Å². The van der Waals surface area contributed by atoms with E-state index < -0.39 is 11.6 Å². The van der Waals surface area contributed by atoms with E-state index in [1.807, 2.05) is 36.4 Å². The highest BCUT2D eigenvalue weighted by Gasteiger charge is 2.17. The van der Waals surface area contributed by atoms with Crippen molar-refractivity contribution in [2.45, 2.75) is 26.4 Å². The fourth-order valence-electron chi connectivity index (χ4n) is 3.87. The van der Waals surface area contributed by atoms with Gasteiger partial charge in [-0.15, -0.1) is 0 Å². The molecule has 0 spiro atoms. The summed E-state index contributed by atoms with van der Waals surface area (Å²) in [6.07, 6.45) is 3.44. The summed E-state index contributed by atoms with van der Waals surface area (Å²) in [4.78, 5) is 35.3. The number of anilines is 2. The third-order valence-electron chi connectivity index (χ3n) is 5.84. The number of benzene rings is 2. The van der Waals surface area contributed by atoms with Crippen LogP contribution in [0.4, 0.5) is 11.6 Å². The molecule has 0 bridgehead atoms. The Morgan fingerprint density at radius 3 is 2.26 bits per heavy atom. The maximum absolute atomic E-state index is 12.4. The lowest BCUT2D eigenvalue weighted by molar-refractivity contribution is -0.153. The topological polar surface area (TPSA) is 115 Å². The number of carbonyl (C=O) groups excluding carboxylic acids is 2. The van der Waals surface area contributed by atoms with Gasteiger partial charge in [0.1, 0.15) is 24.5 Å². The van der Waals surface area contributed by atoms with Gasteiger partial charge in [0, 0.05) is 48.8 Å². The third kappa shape index (κ3) is 9.05. The Balaban J connectivity index is 1.24. The lowest BCUT2D eigenvalue weighted by atomic mass is 10.1. The summed E-state index contributed by atoms with van der Waals surface area (Å²) in [7, 11) is 0. The molecule has 206 valence electrons. The van der Waals surface area contributed by atoms with Crippen LogP contribution in [0.1, 0.15) is 31.1 Å². The minimum atomic E-state index is -0.598. The van der Waals surface area contributed by atoms with E-state index in [1.54, 1.807) is 45.3 Å². The Labute approximate surface area is 228 Å². The number of esters is 1. The van der Waals surface area contributed by atoms with E-state index in [4.69, 9.17) is 14.2 Å². The molecule has 1 amide bonds. The summed E-state index contributed by atoms with van der Waals surface area (Å²) >= 11 is 0. The molecule has 2 N–H and O–H groups in total. The van der Waals surface area contributed by atoms with Crippen LogP contribution in [0, 0.1) is 0 Å². The van der Waals surface area contributed by atoms with Gasteiger partial charge in [-0.3, -0.25) is 14.5 Å². The van der Waals surface area contributed by atoms with Gasteiger partial charge in [0.25, 0.3) is 5.91 Å². The summed E-state index contributed by atoms with van der Waals surface area (Å²) in [5.41, 5.74) is 2.37. The largest absolute Gasteiger partial charge is 0.492 e. The first-order valence-corrected chi connectivity index (χ1v) is 13.0. The van der Waals surface area contributed by atoms with E-state index in [2.05, 4.69) is 25.5 Å². The first-order chi connectivity index (χ1) is 18.7. The third-order valence-corrected chi connectivity index (χ3v) is 5.84. The molecule has 3 aromatic rings. The van der Waals surface area contributed by atoms with E-state index in [1.165, 1.54) is 0 Å². The van der Waals surface area contributed by atoms with Gasteiger partial charge in [0.05, 0.1) is 13.2 Å². The average Bonchev–Trinajstić information content (AvgIpc) is 2.93. The van der Waals surface area contributed by atoms with Crippen LogP contribution in [-0.2, 0) is 14.3 Å². The number of morpholine rings is 1. The molecule has 1 fully saturated rings. The Kier molecular flexibility index (Phi) is 9.45. The number of aromatic nitrogens is 2. The van der Waals surface area contributed by atoms with Crippen molar-refractivity contribution in [3.8, 4) is 16.9 Å². The maximum atomic E-state index is 12.4. The molecule has 0 radical (unpaired) electrons. The second-order valence-electron chi connectivity index (χ2n) is 10.1. The molecule has 2 heterocycles. The molecule has 0 unspecified atom stereocenters. The van der Waals surface area contributed by atoms with E-state index in [9.17, 15) is 9.59 Å². The van der Waals surface area contributed by atoms with Gasteiger partial charge in [-0.1, -0.05) is 12.1 Å². The molecule has 1 aliphatic heterocycles. The predicted octanol–water partition coefficient (Wildman–Crippen LogP) is 3.67. The highest BCUT2D eigenvalue weighted by Crippen LogP contribution is 2.21. The number of hydrogen-bond acceptors (Lipinski definition) is 9. The second-order valence-corrected chi connectivity index (χ2v) is 10.1. The van der Waals surface area contributed by atoms with Gasteiger partial charge in [0.2, 0.25) is 5.95 Å². The Hall–Kier alpha value is -4.02. The summed E-state index contributed by atoms with van der Waals surface area (Å²) in [5, 5.41) is 5.77. The molecule has 1 aromatic heterocycles. The van der Waals surface area contributed by atoms with E-state index in [0.29, 0.717) is 18.1 Å². The Morgan fingerprint density at radius 2 is 1.62 bits per heavy atom. The number of carbonyl (C=O) groups is 2. The van der Waals surface area contributed by atoms with Crippen molar-refractivity contribution in [2.75, 3.05) is 51.3 Å². The summed E-state index contributed by atoms with van der Waals surface area (Å²) < 4.78 is 16.4. The van der Waals surface area contributed by atoms with Crippen molar-refractivity contribution >= 4 is 23.5 Å². The molecule has 2 aromatic carbocycles. The van der Waals surface area contributed by atoms with Crippen molar-refractivity contribution < 1.29 is 23.8 Å². The molecule has 4 rings (SSSR count). The quantitative estimate of drug-likeness (QED) is 0.377. The molecule has 10 heteroatoms. The smallest absolute Gasteiger partial charge is 0.325 e. The van der Waals surface area contributed by atoms with Crippen LogP contribution in [0.2, 0.25) is 0 Å². The first kappa shape index (κ1) is 28.0. The number of amides is 1. The summed E-state index contributed by atoms with van der Waals surface area (Å²) in [6.45, 7) is 10.1. The number of hydrogen-bond donors (Lipinski definition) is 2. The van der Waals surface area contributed by atoms with Crippen molar-refractivity contribution in [3.05, 3.63) is 66.5 Å². The molecular formula is C29H35N5O5. The molecule has 39 heavy (non-hydrogen) atoms. The van der Waals surface area contributed by atoms with E-state index in [0.717, 1.165) is 55.4 Å². The fourth-order valence-corrected chi connectivity index (χ4v) is 3.87. The molecule has 1 aliphatic rings. The second kappa shape index (κ2) is 13.2. The van der Waals surface area contributed by atoms with Gasteiger partial charge in [-0.25, -0.2) is 9.97 Å². The number of rotatable bonds is 10. The standard InChI is InChI=1S/C29H35N5O5/c1-29(2,3)39-26(35)20-30-27(36)22-6-4-21(5-7-22)23-18-31-28(32-19-23)33-24-8-10-25(11-9-24)38-17-14-34-12-15-37-16-13-34/h4-11,18-19H,12-17,20H2,1-3H3,(H,30,36)(H,31,32,33). The fraction of sp³-hybridized carbons (Fsp3) is 0.379. The van der Waals surface area contributed by atoms with Gasteiger partial charge in [-0.05, 0) is 62.7 Å².